The molecule has 1 saturated carbocycles. The van der Waals surface area contributed by atoms with Crippen molar-refractivity contribution in [3.8, 4) is 0 Å². The summed E-state index contributed by atoms with van der Waals surface area (Å²) in [5, 5.41) is 0.614. The molecule has 0 amide bonds. The Hall–Kier alpha value is -1.70. The Bertz CT molecular complexity index is 918. The van der Waals surface area contributed by atoms with Crippen LogP contribution >= 0.6 is 0 Å². The number of hydrogen-bond donors (Lipinski definition) is 2. The lowest BCUT2D eigenvalue weighted by Gasteiger charge is -2.16. The fourth-order valence-corrected chi connectivity index (χ4v) is 4.99. The third kappa shape index (κ3) is 3.24. The van der Waals surface area contributed by atoms with Crippen LogP contribution in [0.15, 0.2) is 35.1 Å². The van der Waals surface area contributed by atoms with Gasteiger partial charge in [-0.05, 0) is 43.3 Å². The number of para-hydroxylation sites is 1. The second-order valence-electron chi connectivity index (χ2n) is 6.79. The molecule has 2 heterocycles. The number of nitrogens with one attached hydrogen (secondary N) is 2. The molecule has 1 saturated heterocycles. The minimum atomic E-state index is -3.24. The standard InChI is InChI=1S/C17H21N3O3S/c21-17-13(9-12-3-1-2-4-16(12)18-17)10-20-8-7-15(11-20)24(22,23)19-14-5-6-14/h1-4,9,14-15,19H,5-8,10-11H2,(H,18,21). The topological polar surface area (TPSA) is 82.3 Å². The number of fused-ring (bicyclic) bond motifs is 1. The zero-order valence-corrected chi connectivity index (χ0v) is 14.2. The van der Waals surface area contributed by atoms with Gasteiger partial charge in [0.05, 0.1) is 5.25 Å². The van der Waals surface area contributed by atoms with Gasteiger partial charge < -0.3 is 4.98 Å². The Morgan fingerprint density at radius 2 is 2.00 bits per heavy atom. The molecule has 1 unspecified atom stereocenters. The Labute approximate surface area is 140 Å². The maximum atomic E-state index is 12.3. The molecule has 0 spiro atoms. The van der Waals surface area contributed by atoms with Gasteiger partial charge in [-0.15, -0.1) is 0 Å². The van der Waals surface area contributed by atoms with Crippen LogP contribution in [-0.2, 0) is 16.6 Å². The van der Waals surface area contributed by atoms with E-state index >= 15 is 0 Å². The molecule has 128 valence electrons. The molecule has 2 fully saturated rings. The van der Waals surface area contributed by atoms with E-state index in [4.69, 9.17) is 0 Å². The van der Waals surface area contributed by atoms with Crippen LogP contribution in [0.1, 0.15) is 24.8 Å². The molecule has 0 radical (unpaired) electrons. The summed E-state index contributed by atoms with van der Waals surface area (Å²) in [6.45, 7) is 1.66. The highest BCUT2D eigenvalue weighted by atomic mass is 32.2. The highest BCUT2D eigenvalue weighted by Gasteiger charge is 2.36. The van der Waals surface area contributed by atoms with E-state index in [9.17, 15) is 13.2 Å². The zero-order chi connectivity index (χ0) is 16.7. The van der Waals surface area contributed by atoms with Gasteiger partial charge in [0.2, 0.25) is 10.0 Å². The minimum Gasteiger partial charge on any atom is -0.322 e. The summed E-state index contributed by atoms with van der Waals surface area (Å²) in [6.07, 6.45) is 2.51. The maximum absolute atomic E-state index is 12.3. The number of aromatic amines is 1. The van der Waals surface area contributed by atoms with Crippen LogP contribution in [0.3, 0.4) is 0 Å². The summed E-state index contributed by atoms with van der Waals surface area (Å²) in [4.78, 5) is 17.2. The van der Waals surface area contributed by atoms with Crippen LogP contribution in [0.25, 0.3) is 10.9 Å². The van der Waals surface area contributed by atoms with Gasteiger partial charge >= 0.3 is 0 Å². The Morgan fingerprint density at radius 3 is 2.79 bits per heavy atom. The van der Waals surface area contributed by atoms with Gasteiger partial charge in [0, 0.05) is 30.2 Å². The average Bonchev–Trinajstić information content (AvgIpc) is 3.21. The smallest absolute Gasteiger partial charge is 0.252 e. The highest BCUT2D eigenvalue weighted by Crippen LogP contribution is 2.24. The lowest BCUT2D eigenvalue weighted by molar-refractivity contribution is 0.330. The number of nitrogens with zero attached hydrogens (tertiary/aromatic N) is 1. The van der Waals surface area contributed by atoms with Crippen LogP contribution in [0.5, 0.6) is 0 Å². The fourth-order valence-electron chi connectivity index (χ4n) is 3.27. The van der Waals surface area contributed by atoms with E-state index in [0.29, 0.717) is 31.6 Å². The maximum Gasteiger partial charge on any atom is 0.252 e. The van der Waals surface area contributed by atoms with Gasteiger partial charge in [-0.1, -0.05) is 18.2 Å². The molecule has 0 bridgehead atoms. The summed E-state index contributed by atoms with van der Waals surface area (Å²) in [5.74, 6) is 0. The van der Waals surface area contributed by atoms with E-state index in [2.05, 4.69) is 14.6 Å². The number of H-pyrrole nitrogens is 1. The van der Waals surface area contributed by atoms with Crippen molar-refractivity contribution < 1.29 is 8.42 Å². The summed E-state index contributed by atoms with van der Waals surface area (Å²) < 4.78 is 27.4. The molecule has 1 atom stereocenters. The molecule has 2 N–H and O–H groups in total. The molecule has 7 heteroatoms. The number of aromatic nitrogens is 1. The predicted molar refractivity (Wildman–Crippen MR) is 93.3 cm³/mol. The van der Waals surface area contributed by atoms with E-state index in [1.54, 1.807) is 0 Å². The highest BCUT2D eigenvalue weighted by molar-refractivity contribution is 7.90. The van der Waals surface area contributed by atoms with Crippen LogP contribution < -0.4 is 10.3 Å². The van der Waals surface area contributed by atoms with Crippen molar-refractivity contribution >= 4 is 20.9 Å². The molecular weight excluding hydrogens is 326 g/mol. The Morgan fingerprint density at radius 1 is 1.21 bits per heavy atom. The molecule has 6 nitrogen and oxygen atoms in total. The molecule has 1 aromatic carbocycles. The van der Waals surface area contributed by atoms with Crippen molar-refractivity contribution in [3.63, 3.8) is 0 Å². The van der Waals surface area contributed by atoms with Crippen LogP contribution in [0, 0.1) is 0 Å². The number of likely N-dealkylation sites (tertiary alicyclic amines) is 1. The monoisotopic (exact) mass is 347 g/mol. The second kappa shape index (κ2) is 5.98. The fraction of sp³-hybridized carbons (Fsp3) is 0.471. The number of hydrogen-bond acceptors (Lipinski definition) is 4. The summed E-state index contributed by atoms with van der Waals surface area (Å²) in [7, 11) is -3.24. The van der Waals surface area contributed by atoms with E-state index in [1.165, 1.54) is 0 Å². The summed E-state index contributed by atoms with van der Waals surface area (Å²) in [5.41, 5.74) is 1.40. The largest absolute Gasteiger partial charge is 0.322 e. The minimum absolute atomic E-state index is 0.101. The molecular formula is C17H21N3O3S. The second-order valence-corrected chi connectivity index (χ2v) is 8.79. The average molecular weight is 347 g/mol. The SMILES string of the molecule is O=c1[nH]c2ccccc2cc1CN1CCC(S(=O)(=O)NC2CC2)C1. The first kappa shape index (κ1) is 15.8. The van der Waals surface area contributed by atoms with Crippen molar-refractivity contribution in [2.24, 2.45) is 0 Å². The Kier molecular flexibility index (Phi) is 3.94. The molecule has 24 heavy (non-hydrogen) atoms. The van der Waals surface area contributed by atoms with Crippen molar-refractivity contribution in [1.29, 1.82) is 0 Å². The van der Waals surface area contributed by atoms with Gasteiger partial charge in [0.1, 0.15) is 0 Å². The lowest BCUT2D eigenvalue weighted by Crippen LogP contribution is -2.37. The first-order chi connectivity index (χ1) is 11.5. The normalized spacial score (nSPS) is 22.2. The van der Waals surface area contributed by atoms with Crippen molar-refractivity contribution in [2.45, 2.75) is 37.1 Å². The van der Waals surface area contributed by atoms with Crippen LogP contribution in [0.4, 0.5) is 0 Å². The van der Waals surface area contributed by atoms with Crippen molar-refractivity contribution in [1.82, 2.24) is 14.6 Å². The van der Waals surface area contributed by atoms with Crippen molar-refractivity contribution in [3.05, 3.63) is 46.2 Å². The molecule has 1 aliphatic carbocycles. The quantitative estimate of drug-likeness (QED) is 0.851. The number of pyridine rings is 1. The van der Waals surface area contributed by atoms with Crippen LogP contribution in [-0.4, -0.2) is 42.7 Å². The third-order valence-corrected chi connectivity index (χ3v) is 6.72. The van der Waals surface area contributed by atoms with Gasteiger partial charge in [-0.2, -0.15) is 0 Å². The van der Waals surface area contributed by atoms with Gasteiger partial charge in [0.15, 0.2) is 0 Å². The van der Waals surface area contributed by atoms with E-state index in [-0.39, 0.29) is 16.9 Å². The molecule has 1 aromatic heterocycles. The third-order valence-electron chi connectivity index (χ3n) is 4.80. The predicted octanol–water partition coefficient (Wildman–Crippen LogP) is 1.18. The first-order valence-electron chi connectivity index (χ1n) is 8.36. The molecule has 4 rings (SSSR count). The number of rotatable bonds is 5. The number of sulfonamides is 1. The lowest BCUT2D eigenvalue weighted by atomic mass is 10.1. The molecule has 2 aliphatic rings. The summed E-state index contributed by atoms with van der Waals surface area (Å²) in [6, 6.07) is 9.71. The van der Waals surface area contributed by atoms with Gasteiger partial charge in [-0.3, -0.25) is 9.69 Å². The Balaban J connectivity index is 1.48. The van der Waals surface area contributed by atoms with E-state index < -0.39 is 10.0 Å². The van der Waals surface area contributed by atoms with Gasteiger partial charge in [0.25, 0.3) is 5.56 Å². The summed E-state index contributed by atoms with van der Waals surface area (Å²) >= 11 is 0. The molecule has 1 aliphatic heterocycles. The van der Waals surface area contributed by atoms with Crippen molar-refractivity contribution in [2.75, 3.05) is 13.1 Å². The van der Waals surface area contributed by atoms with E-state index in [1.807, 2.05) is 30.3 Å². The zero-order valence-electron chi connectivity index (χ0n) is 13.4. The van der Waals surface area contributed by atoms with E-state index in [0.717, 1.165) is 23.7 Å². The van der Waals surface area contributed by atoms with Crippen LogP contribution in [0.2, 0.25) is 0 Å². The van der Waals surface area contributed by atoms with Gasteiger partial charge in [-0.25, -0.2) is 13.1 Å². The number of benzene rings is 1. The first-order valence-corrected chi connectivity index (χ1v) is 9.90. The molecule has 2 aromatic rings.